The molecule has 0 spiro atoms. The third-order valence-electron chi connectivity index (χ3n) is 2.87. The molecule has 0 amide bonds. The molecule has 1 aliphatic rings. The van der Waals surface area contributed by atoms with Crippen molar-refractivity contribution in [3.63, 3.8) is 0 Å². The van der Waals surface area contributed by atoms with Gasteiger partial charge in [-0.05, 0) is 30.6 Å². The Bertz CT molecular complexity index is 186. The van der Waals surface area contributed by atoms with Gasteiger partial charge in [0.15, 0.2) is 0 Å². The highest BCUT2D eigenvalue weighted by Gasteiger charge is 2.28. The molecular formula is C12H20. The van der Waals surface area contributed by atoms with Gasteiger partial charge < -0.3 is 0 Å². The van der Waals surface area contributed by atoms with Crippen LogP contribution in [-0.4, -0.2) is 0 Å². The summed E-state index contributed by atoms with van der Waals surface area (Å²) in [6, 6.07) is 0. The Kier molecular flexibility index (Phi) is 3.13. The third kappa shape index (κ3) is 1.80. The molecule has 0 N–H and O–H groups in total. The van der Waals surface area contributed by atoms with Gasteiger partial charge in [-0.25, -0.2) is 0 Å². The predicted octanol–water partition coefficient (Wildman–Crippen LogP) is 3.66. The van der Waals surface area contributed by atoms with Crippen molar-refractivity contribution < 1.29 is 0 Å². The molecule has 0 aromatic carbocycles. The maximum absolute atomic E-state index is 2.39. The lowest BCUT2D eigenvalue weighted by atomic mass is 9.82. The predicted molar refractivity (Wildman–Crippen MR) is 54.9 cm³/mol. The summed E-state index contributed by atoms with van der Waals surface area (Å²) in [5, 5.41) is 0. The minimum Gasteiger partial charge on any atom is -0.0913 e. The van der Waals surface area contributed by atoms with Gasteiger partial charge in [0.05, 0.1) is 0 Å². The van der Waals surface area contributed by atoms with Gasteiger partial charge in [-0.1, -0.05) is 45.1 Å². The van der Waals surface area contributed by atoms with E-state index in [0.29, 0.717) is 0 Å². The second-order valence-corrected chi connectivity index (χ2v) is 4.17. The minimum atomic E-state index is 0.730. The lowest BCUT2D eigenvalue weighted by Crippen LogP contribution is -2.16. The zero-order chi connectivity index (χ0) is 9.14. The standard InChI is InChI=1S/C12H20/c1-5-6-12-10(4)7-8-11(12)9(2)3/h5-12H,1-4H3. The van der Waals surface area contributed by atoms with Crippen LogP contribution in [0.2, 0.25) is 0 Å². The molecule has 12 heavy (non-hydrogen) atoms. The van der Waals surface area contributed by atoms with Crippen molar-refractivity contribution in [2.75, 3.05) is 0 Å². The molecule has 1 aliphatic carbocycles. The van der Waals surface area contributed by atoms with E-state index in [1.54, 1.807) is 0 Å². The molecule has 0 fully saturated rings. The van der Waals surface area contributed by atoms with Crippen LogP contribution < -0.4 is 0 Å². The second kappa shape index (κ2) is 3.93. The van der Waals surface area contributed by atoms with E-state index < -0.39 is 0 Å². The maximum atomic E-state index is 2.39. The Hall–Kier alpha value is -0.520. The third-order valence-corrected chi connectivity index (χ3v) is 2.87. The molecule has 0 radical (unpaired) electrons. The average molecular weight is 164 g/mol. The largest absolute Gasteiger partial charge is 0.0913 e. The highest BCUT2D eigenvalue weighted by atomic mass is 14.3. The molecule has 0 aromatic rings. The first-order valence-electron chi connectivity index (χ1n) is 4.98. The first-order chi connectivity index (χ1) is 5.66. The molecule has 3 unspecified atom stereocenters. The fourth-order valence-electron chi connectivity index (χ4n) is 2.10. The number of hydrogen-bond donors (Lipinski definition) is 0. The smallest absolute Gasteiger partial charge is 0.0108 e. The summed E-state index contributed by atoms with van der Waals surface area (Å²) in [4.78, 5) is 0. The van der Waals surface area contributed by atoms with Gasteiger partial charge in [0.25, 0.3) is 0 Å². The van der Waals surface area contributed by atoms with E-state index in [-0.39, 0.29) is 0 Å². The van der Waals surface area contributed by atoms with Crippen LogP contribution in [0.3, 0.4) is 0 Å². The van der Waals surface area contributed by atoms with Gasteiger partial charge in [0, 0.05) is 0 Å². The van der Waals surface area contributed by atoms with Crippen molar-refractivity contribution in [2.45, 2.75) is 27.7 Å². The van der Waals surface area contributed by atoms with Crippen molar-refractivity contribution in [1.82, 2.24) is 0 Å². The Morgan fingerprint density at radius 2 is 1.92 bits per heavy atom. The highest BCUT2D eigenvalue weighted by Crippen LogP contribution is 2.36. The van der Waals surface area contributed by atoms with Crippen LogP contribution in [0, 0.1) is 23.7 Å². The Morgan fingerprint density at radius 1 is 1.25 bits per heavy atom. The summed E-state index contributed by atoms with van der Waals surface area (Å²) in [6.45, 7) is 9.04. The van der Waals surface area contributed by atoms with Gasteiger partial charge in [-0.15, -0.1) is 0 Å². The van der Waals surface area contributed by atoms with Crippen LogP contribution in [-0.2, 0) is 0 Å². The maximum Gasteiger partial charge on any atom is -0.0108 e. The van der Waals surface area contributed by atoms with E-state index in [2.05, 4.69) is 52.0 Å². The topological polar surface area (TPSA) is 0 Å². The first kappa shape index (κ1) is 9.57. The van der Waals surface area contributed by atoms with Gasteiger partial charge in [0.1, 0.15) is 0 Å². The molecule has 3 atom stereocenters. The van der Waals surface area contributed by atoms with Gasteiger partial charge in [-0.2, -0.15) is 0 Å². The number of hydrogen-bond acceptors (Lipinski definition) is 0. The van der Waals surface area contributed by atoms with Crippen LogP contribution in [0.5, 0.6) is 0 Å². The van der Waals surface area contributed by atoms with Crippen molar-refractivity contribution in [2.24, 2.45) is 23.7 Å². The van der Waals surface area contributed by atoms with Crippen LogP contribution in [0.15, 0.2) is 24.3 Å². The minimum absolute atomic E-state index is 0.730. The zero-order valence-electron chi connectivity index (χ0n) is 8.62. The molecule has 0 aromatic heterocycles. The summed E-state index contributed by atoms with van der Waals surface area (Å²) in [7, 11) is 0. The Labute approximate surface area is 76.4 Å². The summed E-state index contributed by atoms with van der Waals surface area (Å²) >= 11 is 0. The van der Waals surface area contributed by atoms with Crippen molar-refractivity contribution in [3.8, 4) is 0 Å². The normalized spacial score (nSPS) is 35.6. The fourth-order valence-corrected chi connectivity index (χ4v) is 2.10. The van der Waals surface area contributed by atoms with Crippen LogP contribution in [0.1, 0.15) is 27.7 Å². The molecule has 68 valence electrons. The highest BCUT2D eigenvalue weighted by molar-refractivity contribution is 5.11. The fraction of sp³-hybridized carbons (Fsp3) is 0.667. The van der Waals surface area contributed by atoms with Gasteiger partial charge in [0.2, 0.25) is 0 Å². The molecule has 0 saturated heterocycles. The quantitative estimate of drug-likeness (QED) is 0.546. The lowest BCUT2D eigenvalue weighted by Gasteiger charge is -2.22. The second-order valence-electron chi connectivity index (χ2n) is 4.17. The van der Waals surface area contributed by atoms with Crippen molar-refractivity contribution in [1.29, 1.82) is 0 Å². The molecular weight excluding hydrogens is 144 g/mol. The molecule has 1 rings (SSSR count). The zero-order valence-corrected chi connectivity index (χ0v) is 8.62. The Balaban J connectivity index is 2.69. The number of allylic oxidation sites excluding steroid dienone is 4. The lowest BCUT2D eigenvalue weighted by molar-refractivity contribution is 0.342. The van der Waals surface area contributed by atoms with E-state index in [0.717, 1.165) is 23.7 Å². The molecule has 0 saturated carbocycles. The van der Waals surface area contributed by atoms with Crippen LogP contribution in [0.4, 0.5) is 0 Å². The van der Waals surface area contributed by atoms with Crippen LogP contribution >= 0.6 is 0 Å². The first-order valence-corrected chi connectivity index (χ1v) is 4.98. The molecule has 0 bridgehead atoms. The van der Waals surface area contributed by atoms with E-state index >= 15 is 0 Å². The molecule has 0 nitrogen and oxygen atoms in total. The summed E-state index contributed by atoms with van der Waals surface area (Å²) in [6.07, 6.45) is 9.29. The Morgan fingerprint density at radius 3 is 2.42 bits per heavy atom. The van der Waals surface area contributed by atoms with Gasteiger partial charge in [-0.3, -0.25) is 0 Å². The van der Waals surface area contributed by atoms with E-state index in [9.17, 15) is 0 Å². The average Bonchev–Trinajstić information content (AvgIpc) is 2.34. The molecule has 0 aliphatic heterocycles. The van der Waals surface area contributed by atoms with E-state index in [1.807, 2.05) is 0 Å². The molecule has 0 heteroatoms. The summed E-state index contributed by atoms with van der Waals surface area (Å²) < 4.78 is 0. The SMILES string of the molecule is CC=CC1C(C)C=CC1C(C)C. The summed E-state index contributed by atoms with van der Waals surface area (Å²) in [5.74, 6) is 3.01. The van der Waals surface area contributed by atoms with Crippen molar-refractivity contribution >= 4 is 0 Å². The summed E-state index contributed by atoms with van der Waals surface area (Å²) in [5.41, 5.74) is 0. The molecule has 0 heterocycles. The van der Waals surface area contributed by atoms with Crippen LogP contribution in [0.25, 0.3) is 0 Å². The van der Waals surface area contributed by atoms with E-state index in [1.165, 1.54) is 0 Å². The number of rotatable bonds is 2. The van der Waals surface area contributed by atoms with Crippen molar-refractivity contribution in [3.05, 3.63) is 24.3 Å². The monoisotopic (exact) mass is 164 g/mol. The van der Waals surface area contributed by atoms with E-state index in [4.69, 9.17) is 0 Å². The van der Waals surface area contributed by atoms with Gasteiger partial charge >= 0.3 is 0 Å².